The molecule has 10 nitrogen and oxygen atoms in total. The second-order valence-corrected chi connectivity index (χ2v) is 7.00. The fourth-order valence-corrected chi connectivity index (χ4v) is 3.12. The third-order valence-electron chi connectivity index (χ3n) is 3.86. The van der Waals surface area contributed by atoms with Crippen molar-refractivity contribution in [3.8, 4) is 5.75 Å². The summed E-state index contributed by atoms with van der Waals surface area (Å²) in [4.78, 5) is 40.9. The van der Waals surface area contributed by atoms with Crippen LogP contribution in [0.15, 0.2) is 29.1 Å². The molecule has 5 N–H and O–H groups in total. The lowest BCUT2D eigenvalue weighted by Gasteiger charge is -2.11. The fourth-order valence-electron chi connectivity index (χ4n) is 2.70. The van der Waals surface area contributed by atoms with Crippen LogP contribution in [0.25, 0.3) is 11.2 Å². The van der Waals surface area contributed by atoms with Gasteiger partial charge in [0.15, 0.2) is 11.2 Å². The maximum absolute atomic E-state index is 12.3. The minimum absolute atomic E-state index is 0.0133. The van der Waals surface area contributed by atoms with E-state index in [1.807, 2.05) is 0 Å². The average Bonchev–Trinajstić information content (AvgIpc) is 2.98. The molecule has 0 aliphatic heterocycles. The minimum Gasteiger partial charge on any atom is -0.492 e. The zero-order valence-electron chi connectivity index (χ0n) is 14.7. The van der Waals surface area contributed by atoms with Gasteiger partial charge in [0.2, 0.25) is 5.95 Å². The summed E-state index contributed by atoms with van der Waals surface area (Å²) in [6.45, 7) is 0.796. The van der Waals surface area contributed by atoms with Crippen LogP contribution >= 0.6 is 20.2 Å². The van der Waals surface area contributed by atoms with E-state index in [-0.39, 0.29) is 18.2 Å². The van der Waals surface area contributed by atoms with Crippen molar-refractivity contribution < 1.29 is 19.0 Å². The Bertz CT molecular complexity index is 991. The molecule has 3 rings (SSSR count). The van der Waals surface area contributed by atoms with E-state index in [4.69, 9.17) is 36.4 Å². The molecular formula is C16H19ClN5O5P. The number of nitrogens with two attached hydrogens (primary N) is 1. The molecule has 0 radical (unpaired) electrons. The predicted octanol–water partition coefficient (Wildman–Crippen LogP) is 1.59. The highest BCUT2D eigenvalue weighted by atomic mass is 35.5. The lowest BCUT2D eigenvalue weighted by molar-refractivity contribution is 0.250. The van der Waals surface area contributed by atoms with Crippen molar-refractivity contribution in [2.75, 3.05) is 18.9 Å². The molecule has 0 amide bonds. The van der Waals surface area contributed by atoms with Gasteiger partial charge in [0.1, 0.15) is 18.2 Å². The van der Waals surface area contributed by atoms with Crippen molar-refractivity contribution in [1.29, 1.82) is 0 Å². The monoisotopic (exact) mass is 427 g/mol. The number of fused-ring (bicyclic) bond motifs is 1. The Hall–Kier alpha value is -2.23. The van der Waals surface area contributed by atoms with Crippen LogP contribution in [0.1, 0.15) is 12.2 Å². The van der Waals surface area contributed by atoms with E-state index in [1.54, 1.807) is 28.8 Å². The Morgan fingerprint density at radius 3 is 2.68 bits per heavy atom. The molecule has 2 aromatic heterocycles. The number of nitrogen functional groups attached to an aromatic ring is 1. The quantitative estimate of drug-likeness (QED) is 0.297. The second-order valence-electron chi connectivity index (χ2n) is 5.79. The Morgan fingerprint density at radius 2 is 1.96 bits per heavy atom. The van der Waals surface area contributed by atoms with Crippen molar-refractivity contribution in [3.05, 3.63) is 45.5 Å². The molecule has 3 aromatic rings. The second kappa shape index (κ2) is 9.31. The predicted molar refractivity (Wildman–Crippen MR) is 105 cm³/mol. The van der Waals surface area contributed by atoms with Gasteiger partial charge in [-0.05, 0) is 30.7 Å². The van der Waals surface area contributed by atoms with Crippen LogP contribution in [0.3, 0.4) is 0 Å². The number of imidazole rings is 1. The van der Waals surface area contributed by atoms with Gasteiger partial charge in [0, 0.05) is 11.4 Å². The van der Waals surface area contributed by atoms with Crippen LogP contribution in [-0.4, -0.2) is 42.5 Å². The molecule has 1 aromatic carbocycles. The number of ether oxygens (including phenoxy) is 1. The van der Waals surface area contributed by atoms with E-state index in [0.717, 1.165) is 0 Å². The van der Waals surface area contributed by atoms with Crippen LogP contribution in [-0.2, 0) is 17.5 Å². The first-order chi connectivity index (χ1) is 13.4. The smallest absolute Gasteiger partial charge is 0.327 e. The van der Waals surface area contributed by atoms with Gasteiger partial charge in [0.05, 0.1) is 13.2 Å². The third-order valence-corrected chi connectivity index (χ3v) is 4.53. The Kier molecular flexibility index (Phi) is 6.82. The van der Waals surface area contributed by atoms with Gasteiger partial charge in [0.25, 0.3) is 5.56 Å². The van der Waals surface area contributed by atoms with Gasteiger partial charge in [-0.3, -0.25) is 9.78 Å². The van der Waals surface area contributed by atoms with Crippen molar-refractivity contribution in [2.24, 2.45) is 0 Å². The largest absolute Gasteiger partial charge is 0.492 e. The fraction of sp³-hybridized carbons (Fsp3) is 0.312. The number of aromatic nitrogens is 4. The molecule has 28 heavy (non-hydrogen) atoms. The molecule has 0 saturated heterocycles. The summed E-state index contributed by atoms with van der Waals surface area (Å²) >= 11 is 5.86. The van der Waals surface area contributed by atoms with Crippen molar-refractivity contribution in [1.82, 2.24) is 19.5 Å². The summed E-state index contributed by atoms with van der Waals surface area (Å²) in [5.74, 6) is 1.24. The topological polar surface area (TPSA) is 149 Å². The molecule has 0 bridgehead atoms. The average molecular weight is 428 g/mol. The van der Waals surface area contributed by atoms with Gasteiger partial charge >= 0.3 is 8.60 Å². The standard InChI is InChI=1S/C16H19ClN5O5P/c17-10-3-5-11(6-4-10)26-9-7-22-12(2-1-8-27-28(24)25)19-14-13(22)15(23)21-16(18)20-14/h3-6,24-25H,1-2,7-9H2,(H3,18,20,21,23). The Labute approximate surface area is 165 Å². The summed E-state index contributed by atoms with van der Waals surface area (Å²) in [6, 6.07) is 6.96. The van der Waals surface area contributed by atoms with Crippen LogP contribution < -0.4 is 16.0 Å². The van der Waals surface area contributed by atoms with E-state index in [0.29, 0.717) is 48.1 Å². The van der Waals surface area contributed by atoms with E-state index >= 15 is 0 Å². The number of nitrogens with zero attached hydrogens (tertiary/aromatic N) is 3. The third kappa shape index (κ3) is 5.18. The molecule has 0 aliphatic rings. The van der Waals surface area contributed by atoms with Crippen molar-refractivity contribution >= 4 is 37.3 Å². The number of rotatable bonds is 9. The van der Waals surface area contributed by atoms with Crippen LogP contribution in [0.2, 0.25) is 5.02 Å². The maximum atomic E-state index is 12.3. The molecule has 0 unspecified atom stereocenters. The number of nitrogens with one attached hydrogen (secondary N) is 1. The molecule has 150 valence electrons. The Balaban J connectivity index is 1.77. The number of hydrogen-bond acceptors (Lipinski definition) is 8. The van der Waals surface area contributed by atoms with Crippen molar-refractivity contribution in [3.63, 3.8) is 0 Å². The molecule has 0 saturated carbocycles. The summed E-state index contributed by atoms with van der Waals surface area (Å²) in [6.07, 6.45) is 0.925. The van der Waals surface area contributed by atoms with Gasteiger partial charge < -0.3 is 29.3 Å². The van der Waals surface area contributed by atoms with E-state index in [1.165, 1.54) is 0 Å². The number of halogens is 1. The molecular weight excluding hydrogens is 409 g/mol. The number of hydrogen-bond donors (Lipinski definition) is 4. The zero-order valence-corrected chi connectivity index (χ0v) is 16.4. The SMILES string of the molecule is Nc1nc2nc(CCCOP(O)O)n(CCOc3ccc(Cl)cc3)c2c(=O)[nH]1. The first-order valence-electron chi connectivity index (χ1n) is 8.38. The number of aromatic amines is 1. The normalized spacial score (nSPS) is 11.4. The van der Waals surface area contributed by atoms with Gasteiger partial charge in [-0.2, -0.15) is 4.98 Å². The van der Waals surface area contributed by atoms with Gasteiger partial charge in [-0.1, -0.05) is 11.6 Å². The highest BCUT2D eigenvalue weighted by molar-refractivity contribution is 7.39. The molecule has 0 aliphatic carbocycles. The highest BCUT2D eigenvalue weighted by Crippen LogP contribution is 2.24. The molecule has 0 spiro atoms. The van der Waals surface area contributed by atoms with Gasteiger partial charge in [-0.25, -0.2) is 4.98 Å². The number of H-pyrrole nitrogens is 1. The molecule has 0 atom stereocenters. The summed E-state index contributed by atoms with van der Waals surface area (Å²) in [7, 11) is -2.40. The van der Waals surface area contributed by atoms with E-state index in [2.05, 4.69) is 15.0 Å². The number of aryl methyl sites for hydroxylation is 1. The lowest BCUT2D eigenvalue weighted by Crippen LogP contribution is -2.18. The first kappa shape index (κ1) is 20.5. The van der Waals surface area contributed by atoms with E-state index < -0.39 is 14.2 Å². The lowest BCUT2D eigenvalue weighted by atomic mass is 10.3. The highest BCUT2D eigenvalue weighted by Gasteiger charge is 2.16. The van der Waals surface area contributed by atoms with Crippen LogP contribution in [0.4, 0.5) is 5.95 Å². The minimum atomic E-state index is -2.40. The van der Waals surface area contributed by atoms with Gasteiger partial charge in [-0.15, -0.1) is 0 Å². The van der Waals surface area contributed by atoms with E-state index in [9.17, 15) is 4.79 Å². The maximum Gasteiger partial charge on any atom is 0.327 e. The summed E-state index contributed by atoms with van der Waals surface area (Å²) in [5, 5.41) is 0.613. The number of anilines is 1. The zero-order chi connectivity index (χ0) is 20.1. The van der Waals surface area contributed by atoms with Crippen LogP contribution in [0, 0.1) is 0 Å². The summed E-state index contributed by atoms with van der Waals surface area (Å²) < 4.78 is 12.2. The number of benzene rings is 1. The summed E-state index contributed by atoms with van der Waals surface area (Å²) in [5.41, 5.74) is 5.76. The first-order valence-corrected chi connectivity index (χ1v) is 9.92. The van der Waals surface area contributed by atoms with Crippen LogP contribution in [0.5, 0.6) is 5.75 Å². The molecule has 12 heteroatoms. The van der Waals surface area contributed by atoms with Crippen molar-refractivity contribution in [2.45, 2.75) is 19.4 Å². The molecule has 2 heterocycles. The molecule has 0 fully saturated rings. The Morgan fingerprint density at radius 1 is 1.21 bits per heavy atom.